The number of ketones is 1. The van der Waals surface area contributed by atoms with Gasteiger partial charge in [-0.05, 0) is 27.2 Å². The number of carbonyl (C=O) groups excluding carboxylic acids is 1. The molecule has 1 aliphatic carbocycles. The third-order valence-electron chi connectivity index (χ3n) is 2.12. The number of rotatable bonds is 3. The smallest absolute Gasteiger partial charge is 0.190 e. The summed E-state index contributed by atoms with van der Waals surface area (Å²) >= 11 is 0. The van der Waals surface area contributed by atoms with Crippen LogP contribution in [0.25, 0.3) is 0 Å². The standard InChI is InChI=1S/C10H16O3/c1-4-13-8-6-5-7(9(8)11)10(2,3)12/h5,8,12H,4,6H2,1-3H3. The molecule has 0 saturated heterocycles. The highest BCUT2D eigenvalue weighted by Crippen LogP contribution is 2.26. The minimum absolute atomic E-state index is 0.0747. The Labute approximate surface area is 78.4 Å². The maximum Gasteiger partial charge on any atom is 0.190 e. The maximum atomic E-state index is 11.6. The highest BCUT2D eigenvalue weighted by atomic mass is 16.5. The lowest BCUT2D eigenvalue weighted by Gasteiger charge is -2.19. The minimum Gasteiger partial charge on any atom is -0.386 e. The van der Waals surface area contributed by atoms with Crippen LogP contribution in [0.15, 0.2) is 11.6 Å². The normalized spacial score (nSPS) is 23.5. The van der Waals surface area contributed by atoms with Gasteiger partial charge in [-0.25, -0.2) is 0 Å². The number of ether oxygens (including phenoxy) is 1. The van der Waals surface area contributed by atoms with Crippen LogP contribution in [0.3, 0.4) is 0 Å². The van der Waals surface area contributed by atoms with Gasteiger partial charge in [0.1, 0.15) is 6.10 Å². The van der Waals surface area contributed by atoms with E-state index in [1.807, 2.05) is 6.92 Å². The van der Waals surface area contributed by atoms with E-state index < -0.39 is 5.60 Å². The molecule has 0 amide bonds. The third-order valence-corrected chi connectivity index (χ3v) is 2.12. The van der Waals surface area contributed by atoms with Crippen LogP contribution in [0.4, 0.5) is 0 Å². The van der Waals surface area contributed by atoms with Crippen molar-refractivity contribution in [3.63, 3.8) is 0 Å². The minimum atomic E-state index is -1.04. The lowest BCUT2D eigenvalue weighted by Crippen LogP contribution is -2.30. The fourth-order valence-corrected chi connectivity index (χ4v) is 1.50. The van der Waals surface area contributed by atoms with Gasteiger partial charge >= 0.3 is 0 Å². The van der Waals surface area contributed by atoms with E-state index in [4.69, 9.17) is 4.74 Å². The van der Waals surface area contributed by atoms with Crippen LogP contribution >= 0.6 is 0 Å². The summed E-state index contributed by atoms with van der Waals surface area (Å²) in [6.07, 6.45) is 1.99. The molecule has 0 aliphatic heterocycles. The first kappa shape index (κ1) is 10.4. The number of carbonyl (C=O) groups is 1. The van der Waals surface area contributed by atoms with Crippen molar-refractivity contribution in [3.8, 4) is 0 Å². The summed E-state index contributed by atoms with van der Waals surface area (Å²) in [7, 11) is 0. The van der Waals surface area contributed by atoms with Crippen molar-refractivity contribution in [1.82, 2.24) is 0 Å². The quantitative estimate of drug-likeness (QED) is 0.713. The lowest BCUT2D eigenvalue weighted by molar-refractivity contribution is -0.126. The van der Waals surface area contributed by atoms with Gasteiger partial charge < -0.3 is 9.84 Å². The van der Waals surface area contributed by atoms with Crippen molar-refractivity contribution in [3.05, 3.63) is 11.6 Å². The average Bonchev–Trinajstić information content (AvgIpc) is 2.32. The van der Waals surface area contributed by atoms with Gasteiger partial charge in [-0.1, -0.05) is 6.08 Å². The molecule has 74 valence electrons. The van der Waals surface area contributed by atoms with Crippen LogP contribution in [0.1, 0.15) is 27.2 Å². The zero-order valence-electron chi connectivity index (χ0n) is 8.33. The second-order valence-electron chi connectivity index (χ2n) is 3.72. The van der Waals surface area contributed by atoms with Gasteiger partial charge in [-0.3, -0.25) is 4.79 Å². The molecular formula is C10H16O3. The van der Waals surface area contributed by atoms with Crippen LogP contribution in [-0.4, -0.2) is 29.2 Å². The van der Waals surface area contributed by atoms with Crippen LogP contribution in [0, 0.1) is 0 Å². The first-order valence-corrected chi connectivity index (χ1v) is 4.55. The molecule has 0 aromatic carbocycles. The molecule has 1 rings (SSSR count). The molecule has 1 atom stereocenters. The van der Waals surface area contributed by atoms with E-state index >= 15 is 0 Å². The first-order chi connectivity index (χ1) is 5.96. The van der Waals surface area contributed by atoms with Gasteiger partial charge in [-0.15, -0.1) is 0 Å². The summed E-state index contributed by atoms with van der Waals surface area (Å²) < 4.78 is 5.23. The summed E-state index contributed by atoms with van der Waals surface area (Å²) in [5.74, 6) is -0.0747. The summed E-state index contributed by atoms with van der Waals surface area (Å²) in [6, 6.07) is 0. The van der Waals surface area contributed by atoms with Gasteiger partial charge in [-0.2, -0.15) is 0 Å². The molecule has 0 aromatic rings. The third kappa shape index (κ3) is 2.17. The van der Waals surface area contributed by atoms with Gasteiger partial charge in [0.05, 0.1) is 5.60 Å². The first-order valence-electron chi connectivity index (χ1n) is 4.55. The molecule has 3 nitrogen and oxygen atoms in total. The number of hydrogen-bond donors (Lipinski definition) is 1. The Hall–Kier alpha value is -0.670. The van der Waals surface area contributed by atoms with Crippen molar-refractivity contribution in [2.75, 3.05) is 6.61 Å². The Morgan fingerprint density at radius 2 is 2.31 bits per heavy atom. The number of Topliss-reactive ketones (excluding diaryl/α,β-unsaturated/α-hetero) is 1. The van der Waals surface area contributed by atoms with E-state index in [9.17, 15) is 9.90 Å². The Bertz CT molecular complexity index is 235. The van der Waals surface area contributed by atoms with E-state index in [0.29, 0.717) is 18.6 Å². The molecule has 0 fully saturated rings. The molecule has 0 aromatic heterocycles. The molecule has 0 heterocycles. The molecule has 3 heteroatoms. The van der Waals surface area contributed by atoms with E-state index in [1.54, 1.807) is 19.9 Å². The predicted molar refractivity (Wildman–Crippen MR) is 49.4 cm³/mol. The zero-order valence-corrected chi connectivity index (χ0v) is 8.33. The van der Waals surface area contributed by atoms with Crippen LogP contribution in [-0.2, 0) is 9.53 Å². The fourth-order valence-electron chi connectivity index (χ4n) is 1.50. The topological polar surface area (TPSA) is 46.5 Å². The summed E-state index contributed by atoms with van der Waals surface area (Å²) in [5, 5.41) is 9.63. The fraction of sp³-hybridized carbons (Fsp3) is 0.700. The molecule has 0 bridgehead atoms. The van der Waals surface area contributed by atoms with Crippen molar-refractivity contribution in [2.24, 2.45) is 0 Å². The summed E-state index contributed by atoms with van der Waals surface area (Å²) in [6.45, 7) is 5.62. The van der Waals surface area contributed by atoms with Crippen LogP contribution in [0.2, 0.25) is 0 Å². The van der Waals surface area contributed by atoms with Crippen molar-refractivity contribution in [1.29, 1.82) is 0 Å². The summed E-state index contributed by atoms with van der Waals surface area (Å²) in [4.78, 5) is 11.6. The molecular weight excluding hydrogens is 168 g/mol. The maximum absolute atomic E-state index is 11.6. The second kappa shape index (κ2) is 3.60. The highest BCUT2D eigenvalue weighted by Gasteiger charge is 2.35. The van der Waals surface area contributed by atoms with Crippen molar-refractivity contribution >= 4 is 5.78 Å². The Kier molecular flexibility index (Phi) is 2.88. The predicted octanol–water partition coefficient (Wildman–Crippen LogP) is 1.06. The van der Waals surface area contributed by atoms with E-state index in [1.165, 1.54) is 0 Å². The average molecular weight is 184 g/mol. The monoisotopic (exact) mass is 184 g/mol. The molecule has 13 heavy (non-hydrogen) atoms. The molecule has 1 N–H and O–H groups in total. The van der Waals surface area contributed by atoms with E-state index in [-0.39, 0.29) is 11.9 Å². The highest BCUT2D eigenvalue weighted by molar-refractivity contribution is 6.02. The summed E-state index contributed by atoms with van der Waals surface area (Å²) in [5.41, 5.74) is -0.561. The van der Waals surface area contributed by atoms with Gasteiger partial charge in [0, 0.05) is 12.2 Å². The van der Waals surface area contributed by atoms with E-state index in [0.717, 1.165) is 0 Å². The Morgan fingerprint density at radius 1 is 1.69 bits per heavy atom. The van der Waals surface area contributed by atoms with Gasteiger partial charge in [0.2, 0.25) is 0 Å². The molecule has 1 unspecified atom stereocenters. The lowest BCUT2D eigenvalue weighted by atomic mass is 9.96. The van der Waals surface area contributed by atoms with Gasteiger partial charge in [0.25, 0.3) is 0 Å². The van der Waals surface area contributed by atoms with E-state index in [2.05, 4.69) is 0 Å². The Balaban J connectivity index is 2.69. The largest absolute Gasteiger partial charge is 0.386 e. The SMILES string of the molecule is CCOC1CC=C(C(C)(C)O)C1=O. The zero-order chi connectivity index (χ0) is 10.1. The number of hydrogen-bond acceptors (Lipinski definition) is 3. The molecule has 1 aliphatic rings. The van der Waals surface area contributed by atoms with Gasteiger partial charge in [0.15, 0.2) is 5.78 Å². The van der Waals surface area contributed by atoms with Crippen LogP contribution in [0.5, 0.6) is 0 Å². The second-order valence-corrected chi connectivity index (χ2v) is 3.72. The van der Waals surface area contributed by atoms with Crippen molar-refractivity contribution in [2.45, 2.75) is 38.9 Å². The molecule has 0 radical (unpaired) electrons. The van der Waals surface area contributed by atoms with Crippen molar-refractivity contribution < 1.29 is 14.6 Å². The molecule has 0 spiro atoms. The number of aliphatic hydroxyl groups is 1. The Morgan fingerprint density at radius 3 is 2.69 bits per heavy atom. The van der Waals surface area contributed by atoms with Crippen LogP contribution < -0.4 is 0 Å². The molecule has 0 saturated carbocycles.